The zero-order valence-electron chi connectivity index (χ0n) is 12.7. The van der Waals surface area contributed by atoms with Crippen molar-refractivity contribution >= 4 is 29.3 Å². The lowest BCUT2D eigenvalue weighted by atomic mass is 10.2. The number of aromatic nitrogens is 3. The summed E-state index contributed by atoms with van der Waals surface area (Å²) in [6.07, 6.45) is -4.75. The van der Waals surface area contributed by atoms with E-state index >= 15 is 0 Å². The van der Waals surface area contributed by atoms with Crippen LogP contribution >= 0.6 is 23.4 Å². The van der Waals surface area contributed by atoms with E-state index in [0.717, 1.165) is 0 Å². The first-order valence-corrected chi connectivity index (χ1v) is 8.05. The molecule has 0 unspecified atom stereocenters. The van der Waals surface area contributed by atoms with Crippen molar-refractivity contribution in [1.82, 2.24) is 19.8 Å². The van der Waals surface area contributed by atoms with Gasteiger partial charge in [0, 0.05) is 24.2 Å². The fourth-order valence-electron chi connectivity index (χ4n) is 1.81. The third-order valence-electron chi connectivity index (χ3n) is 3.13. The molecule has 0 aliphatic carbocycles. The van der Waals surface area contributed by atoms with Crippen molar-refractivity contribution in [2.45, 2.75) is 17.9 Å². The monoisotopic (exact) mass is 397 g/mol. The van der Waals surface area contributed by atoms with Gasteiger partial charge < -0.3 is 10.7 Å². The van der Waals surface area contributed by atoms with E-state index < -0.39 is 23.7 Å². The van der Waals surface area contributed by atoms with E-state index in [1.807, 2.05) is 0 Å². The van der Waals surface area contributed by atoms with Crippen molar-refractivity contribution in [3.63, 3.8) is 0 Å². The first kappa shape index (κ1) is 19.3. The molecule has 0 atom stereocenters. The minimum Gasteiger partial charge on any atom is -0.341 e. The average Bonchev–Trinajstić information content (AvgIpc) is 2.89. The Labute approximate surface area is 148 Å². The Morgan fingerprint density at radius 3 is 2.64 bits per heavy atom. The van der Waals surface area contributed by atoms with Crippen LogP contribution in [0.1, 0.15) is 11.4 Å². The van der Waals surface area contributed by atoms with Crippen LogP contribution in [0.25, 0.3) is 0 Å². The SMILES string of the molecule is CN(Cc1c(F)cccc1Cl)C(=O)CSc1nnc(C(F)(F)F)n1N. The highest BCUT2D eigenvalue weighted by molar-refractivity contribution is 7.99. The van der Waals surface area contributed by atoms with Gasteiger partial charge in [-0.3, -0.25) is 4.79 Å². The second kappa shape index (κ2) is 7.48. The largest absolute Gasteiger partial charge is 0.453 e. The molecule has 2 rings (SSSR count). The summed E-state index contributed by atoms with van der Waals surface area (Å²) in [6, 6.07) is 4.14. The van der Waals surface area contributed by atoms with E-state index in [-0.39, 0.29) is 32.7 Å². The Bertz CT molecular complexity index is 762. The summed E-state index contributed by atoms with van der Waals surface area (Å²) in [5.74, 6) is 2.62. The molecule has 2 N–H and O–H groups in total. The number of thioether (sulfide) groups is 1. The summed E-state index contributed by atoms with van der Waals surface area (Å²) < 4.78 is 51.7. The standard InChI is InChI=1S/C13H12ClF4N5OS/c1-22(5-7-8(14)3-2-4-9(7)15)10(24)6-25-12-21-20-11(23(12)19)13(16,17)18/h2-4H,5-6,19H2,1H3. The number of carbonyl (C=O) groups excluding carboxylic acids is 1. The van der Waals surface area contributed by atoms with Crippen LogP contribution < -0.4 is 5.84 Å². The van der Waals surface area contributed by atoms with Gasteiger partial charge in [0.15, 0.2) is 0 Å². The zero-order chi connectivity index (χ0) is 18.8. The molecule has 0 aliphatic heterocycles. The number of nitrogens with two attached hydrogens (primary N) is 1. The fourth-order valence-corrected chi connectivity index (χ4v) is 2.83. The molecule has 0 saturated heterocycles. The van der Waals surface area contributed by atoms with E-state index in [1.54, 1.807) is 0 Å². The van der Waals surface area contributed by atoms with E-state index in [4.69, 9.17) is 17.4 Å². The van der Waals surface area contributed by atoms with E-state index in [2.05, 4.69) is 10.2 Å². The van der Waals surface area contributed by atoms with Crippen LogP contribution in [0.2, 0.25) is 5.02 Å². The van der Waals surface area contributed by atoms with Gasteiger partial charge in [-0.05, 0) is 12.1 Å². The van der Waals surface area contributed by atoms with Gasteiger partial charge in [0.2, 0.25) is 11.1 Å². The van der Waals surface area contributed by atoms with Gasteiger partial charge >= 0.3 is 6.18 Å². The Balaban J connectivity index is 2.00. The Morgan fingerprint density at radius 2 is 2.08 bits per heavy atom. The molecule has 0 fully saturated rings. The zero-order valence-corrected chi connectivity index (χ0v) is 14.3. The highest BCUT2D eigenvalue weighted by Gasteiger charge is 2.38. The molecule has 1 amide bonds. The van der Waals surface area contributed by atoms with Gasteiger partial charge in [0.05, 0.1) is 5.75 Å². The first-order chi connectivity index (χ1) is 11.6. The number of nitrogen functional groups attached to an aromatic ring is 1. The van der Waals surface area contributed by atoms with Crippen molar-refractivity contribution in [2.24, 2.45) is 0 Å². The molecule has 0 radical (unpaired) electrons. The number of nitrogens with zero attached hydrogens (tertiary/aromatic N) is 4. The molecule has 136 valence electrons. The van der Waals surface area contributed by atoms with Gasteiger partial charge in [-0.25, -0.2) is 9.07 Å². The molecule has 0 bridgehead atoms. The number of carbonyl (C=O) groups is 1. The van der Waals surface area contributed by atoms with Crippen LogP contribution in [0, 0.1) is 5.82 Å². The van der Waals surface area contributed by atoms with Crippen LogP contribution in [0.5, 0.6) is 0 Å². The van der Waals surface area contributed by atoms with Crippen molar-refractivity contribution in [2.75, 3.05) is 18.6 Å². The van der Waals surface area contributed by atoms with Gasteiger partial charge in [-0.15, -0.1) is 10.2 Å². The predicted molar refractivity (Wildman–Crippen MR) is 83.8 cm³/mol. The quantitative estimate of drug-likeness (QED) is 0.476. The van der Waals surface area contributed by atoms with Crippen molar-refractivity contribution in [1.29, 1.82) is 0 Å². The van der Waals surface area contributed by atoms with Crippen molar-refractivity contribution < 1.29 is 22.4 Å². The van der Waals surface area contributed by atoms with Gasteiger partial charge in [-0.2, -0.15) is 13.2 Å². The molecular formula is C13H12ClF4N5OS. The maximum Gasteiger partial charge on any atom is 0.453 e. The lowest BCUT2D eigenvalue weighted by Gasteiger charge is -2.18. The molecule has 6 nitrogen and oxygen atoms in total. The number of hydrogen-bond acceptors (Lipinski definition) is 5. The third-order valence-corrected chi connectivity index (χ3v) is 4.41. The summed E-state index contributed by atoms with van der Waals surface area (Å²) in [6.45, 7) is -0.0893. The molecule has 1 heterocycles. The second-order valence-corrected chi connectivity index (χ2v) is 6.26. The number of amides is 1. The highest BCUT2D eigenvalue weighted by Crippen LogP contribution is 2.29. The molecule has 0 aliphatic rings. The average molecular weight is 398 g/mol. The molecule has 0 saturated carbocycles. The van der Waals surface area contributed by atoms with Crippen LogP contribution in [-0.2, 0) is 17.5 Å². The Morgan fingerprint density at radius 1 is 1.40 bits per heavy atom. The highest BCUT2D eigenvalue weighted by atomic mass is 35.5. The van der Waals surface area contributed by atoms with Crippen molar-refractivity contribution in [3.8, 4) is 0 Å². The molecule has 12 heteroatoms. The third kappa shape index (κ3) is 4.54. The normalized spacial score (nSPS) is 11.6. The number of rotatable bonds is 5. The van der Waals surface area contributed by atoms with Crippen LogP contribution in [0.15, 0.2) is 23.4 Å². The van der Waals surface area contributed by atoms with E-state index in [1.165, 1.54) is 30.1 Å². The summed E-state index contributed by atoms with van der Waals surface area (Å²) in [7, 11) is 1.42. The first-order valence-electron chi connectivity index (χ1n) is 6.68. The molecule has 1 aromatic carbocycles. The topological polar surface area (TPSA) is 77.0 Å². The summed E-state index contributed by atoms with van der Waals surface area (Å²) >= 11 is 6.58. The van der Waals surface area contributed by atoms with Gasteiger partial charge in [0.25, 0.3) is 5.82 Å². The van der Waals surface area contributed by atoms with Crippen LogP contribution in [0.3, 0.4) is 0 Å². The summed E-state index contributed by atoms with van der Waals surface area (Å²) in [5.41, 5.74) is 0.145. The Kier molecular flexibility index (Phi) is 5.78. The Hall–Kier alpha value is -2.01. The maximum atomic E-state index is 13.7. The predicted octanol–water partition coefficient (Wildman–Crippen LogP) is 2.55. The van der Waals surface area contributed by atoms with E-state index in [0.29, 0.717) is 11.8 Å². The number of halogens is 5. The molecule has 25 heavy (non-hydrogen) atoms. The lowest BCUT2D eigenvalue weighted by molar-refractivity contribution is -0.146. The molecule has 0 spiro atoms. The summed E-state index contributed by atoms with van der Waals surface area (Å²) in [4.78, 5) is 13.3. The molecule has 1 aromatic heterocycles. The number of alkyl halides is 3. The number of benzene rings is 1. The second-order valence-electron chi connectivity index (χ2n) is 4.91. The molecular weight excluding hydrogens is 386 g/mol. The number of hydrogen-bond donors (Lipinski definition) is 1. The maximum absolute atomic E-state index is 13.7. The van der Waals surface area contributed by atoms with Gasteiger partial charge in [0.1, 0.15) is 5.82 Å². The van der Waals surface area contributed by atoms with E-state index in [9.17, 15) is 22.4 Å². The minimum absolute atomic E-state index is 0.0893. The fraction of sp³-hybridized carbons (Fsp3) is 0.308. The van der Waals surface area contributed by atoms with Crippen LogP contribution in [-0.4, -0.2) is 38.5 Å². The molecule has 2 aromatic rings. The van der Waals surface area contributed by atoms with Crippen molar-refractivity contribution in [3.05, 3.63) is 40.4 Å². The smallest absolute Gasteiger partial charge is 0.341 e. The lowest BCUT2D eigenvalue weighted by Crippen LogP contribution is -2.28. The van der Waals surface area contributed by atoms with Crippen LogP contribution in [0.4, 0.5) is 17.6 Å². The van der Waals surface area contributed by atoms with Gasteiger partial charge in [-0.1, -0.05) is 29.4 Å². The minimum atomic E-state index is -4.75. The summed E-state index contributed by atoms with van der Waals surface area (Å²) in [5, 5.41) is 6.16.